The molecule has 0 N–H and O–H groups in total. The van der Waals surface area contributed by atoms with Crippen LogP contribution in [-0.4, -0.2) is 43.8 Å². The van der Waals surface area contributed by atoms with E-state index < -0.39 is 10.0 Å². The number of nitrogens with zero attached hydrogens (tertiary/aromatic N) is 3. The molecular formula is C20H23N3O2S. The minimum absolute atomic E-state index is 0.0590. The van der Waals surface area contributed by atoms with Crippen molar-refractivity contribution in [1.29, 1.82) is 5.26 Å². The zero-order chi connectivity index (χ0) is 18.4. The van der Waals surface area contributed by atoms with Crippen LogP contribution in [0.5, 0.6) is 0 Å². The molecule has 0 amide bonds. The first-order valence-electron chi connectivity index (χ1n) is 8.80. The molecule has 2 aromatic carbocycles. The van der Waals surface area contributed by atoms with Crippen LogP contribution < -0.4 is 0 Å². The summed E-state index contributed by atoms with van der Waals surface area (Å²) < 4.78 is 27.1. The number of benzene rings is 2. The Balaban J connectivity index is 1.59. The lowest BCUT2D eigenvalue weighted by Crippen LogP contribution is -2.35. The van der Waals surface area contributed by atoms with Crippen molar-refractivity contribution < 1.29 is 8.42 Å². The lowest BCUT2D eigenvalue weighted by molar-refractivity contribution is 0.278. The summed E-state index contributed by atoms with van der Waals surface area (Å²) in [7, 11) is -3.29. The monoisotopic (exact) mass is 369 g/mol. The van der Waals surface area contributed by atoms with Crippen molar-refractivity contribution in [1.82, 2.24) is 9.21 Å². The minimum atomic E-state index is -3.29. The van der Waals surface area contributed by atoms with Crippen LogP contribution in [0.1, 0.15) is 23.1 Å². The van der Waals surface area contributed by atoms with Gasteiger partial charge in [-0.25, -0.2) is 12.7 Å². The lowest BCUT2D eigenvalue weighted by Gasteiger charge is -2.22. The summed E-state index contributed by atoms with van der Waals surface area (Å²) >= 11 is 0. The highest BCUT2D eigenvalue weighted by Crippen LogP contribution is 2.15. The van der Waals surface area contributed by atoms with E-state index in [4.69, 9.17) is 5.26 Å². The lowest BCUT2D eigenvalue weighted by atomic mass is 10.1. The third kappa shape index (κ3) is 4.92. The zero-order valence-corrected chi connectivity index (χ0v) is 15.5. The molecule has 1 heterocycles. The summed E-state index contributed by atoms with van der Waals surface area (Å²) in [5.74, 6) is 0.0590. The predicted molar refractivity (Wildman–Crippen MR) is 102 cm³/mol. The number of hydrogen-bond acceptors (Lipinski definition) is 4. The molecular weight excluding hydrogens is 346 g/mol. The highest BCUT2D eigenvalue weighted by Gasteiger charge is 2.25. The third-order valence-corrected chi connectivity index (χ3v) is 6.47. The first kappa shape index (κ1) is 18.6. The third-order valence-electron chi connectivity index (χ3n) is 4.62. The summed E-state index contributed by atoms with van der Waals surface area (Å²) in [5.41, 5.74) is 2.62. The van der Waals surface area contributed by atoms with Gasteiger partial charge in [0.05, 0.1) is 17.4 Å². The minimum Gasteiger partial charge on any atom is -0.298 e. The maximum absolute atomic E-state index is 12.7. The fourth-order valence-electron chi connectivity index (χ4n) is 3.20. The Labute approximate surface area is 155 Å². The van der Waals surface area contributed by atoms with Crippen LogP contribution in [-0.2, 0) is 22.3 Å². The Hall–Kier alpha value is -2.20. The smallest absolute Gasteiger partial charge is 0.218 e. The summed E-state index contributed by atoms with van der Waals surface area (Å²) in [6.07, 6.45) is 0.824. The van der Waals surface area contributed by atoms with Crippen molar-refractivity contribution in [3.8, 4) is 6.07 Å². The molecule has 0 saturated carbocycles. The maximum atomic E-state index is 12.7. The van der Waals surface area contributed by atoms with E-state index in [1.807, 2.05) is 54.6 Å². The average Bonchev–Trinajstić information content (AvgIpc) is 2.89. The Morgan fingerprint density at radius 3 is 2.31 bits per heavy atom. The second-order valence-electron chi connectivity index (χ2n) is 6.58. The second kappa shape index (κ2) is 8.45. The van der Waals surface area contributed by atoms with E-state index in [0.29, 0.717) is 25.2 Å². The van der Waals surface area contributed by atoms with Gasteiger partial charge in [0.1, 0.15) is 0 Å². The molecule has 2 aromatic rings. The highest BCUT2D eigenvalue weighted by atomic mass is 32.2. The van der Waals surface area contributed by atoms with Crippen LogP contribution in [0.25, 0.3) is 0 Å². The van der Waals surface area contributed by atoms with Crippen LogP contribution in [0.3, 0.4) is 0 Å². The largest absolute Gasteiger partial charge is 0.298 e. The molecule has 6 heteroatoms. The van der Waals surface area contributed by atoms with Crippen molar-refractivity contribution >= 4 is 10.0 Å². The summed E-state index contributed by atoms with van der Waals surface area (Å²) in [4.78, 5) is 2.28. The van der Waals surface area contributed by atoms with Crippen molar-refractivity contribution in [3.05, 3.63) is 71.3 Å². The number of rotatable bonds is 5. The average molecular weight is 369 g/mol. The summed E-state index contributed by atoms with van der Waals surface area (Å²) in [6, 6.07) is 19.0. The van der Waals surface area contributed by atoms with Crippen LogP contribution in [0.4, 0.5) is 0 Å². The predicted octanol–water partition coefficient (Wildman–Crippen LogP) is 2.60. The van der Waals surface area contributed by atoms with E-state index in [-0.39, 0.29) is 5.75 Å². The van der Waals surface area contributed by atoms with Crippen molar-refractivity contribution in [3.63, 3.8) is 0 Å². The van der Waals surface area contributed by atoms with Gasteiger partial charge in [0.2, 0.25) is 10.0 Å². The first-order chi connectivity index (χ1) is 12.6. The van der Waals surface area contributed by atoms with E-state index in [9.17, 15) is 8.42 Å². The van der Waals surface area contributed by atoms with E-state index in [1.165, 1.54) is 0 Å². The van der Waals surface area contributed by atoms with Gasteiger partial charge >= 0.3 is 0 Å². The van der Waals surface area contributed by atoms with Gasteiger partial charge in [0, 0.05) is 26.2 Å². The van der Waals surface area contributed by atoms with E-state index in [0.717, 1.165) is 30.6 Å². The van der Waals surface area contributed by atoms with Crippen molar-refractivity contribution in [2.45, 2.75) is 18.7 Å². The molecule has 0 radical (unpaired) electrons. The molecule has 136 valence electrons. The molecule has 5 nitrogen and oxygen atoms in total. The molecule has 1 aliphatic rings. The van der Waals surface area contributed by atoms with Crippen LogP contribution in [0, 0.1) is 11.3 Å². The molecule has 0 unspecified atom stereocenters. The molecule has 1 saturated heterocycles. The maximum Gasteiger partial charge on any atom is 0.218 e. The normalized spacial score (nSPS) is 16.7. The Morgan fingerprint density at radius 1 is 0.885 bits per heavy atom. The van der Waals surface area contributed by atoms with Crippen molar-refractivity contribution in [2.75, 3.05) is 26.2 Å². The second-order valence-corrected chi connectivity index (χ2v) is 8.55. The standard InChI is InChI=1S/C20H23N3O2S/c21-15-18-7-9-19(10-8-18)16-22-11-4-12-23(14-13-22)26(24,25)17-20-5-2-1-3-6-20/h1-3,5-10H,4,11-14,16-17H2. The molecule has 0 spiro atoms. The number of hydrogen-bond donors (Lipinski definition) is 0. The molecule has 0 aromatic heterocycles. The zero-order valence-electron chi connectivity index (χ0n) is 14.7. The van der Waals surface area contributed by atoms with E-state index in [1.54, 1.807) is 4.31 Å². The fourth-order valence-corrected chi connectivity index (χ4v) is 4.77. The van der Waals surface area contributed by atoms with E-state index >= 15 is 0 Å². The van der Waals surface area contributed by atoms with Crippen LogP contribution in [0.15, 0.2) is 54.6 Å². The Morgan fingerprint density at radius 2 is 1.62 bits per heavy atom. The quantitative estimate of drug-likeness (QED) is 0.813. The van der Waals surface area contributed by atoms with Gasteiger partial charge < -0.3 is 0 Å². The van der Waals surface area contributed by atoms with Gasteiger partial charge in [-0.15, -0.1) is 0 Å². The number of nitriles is 1. The van der Waals surface area contributed by atoms with Gasteiger partial charge in [-0.3, -0.25) is 4.90 Å². The molecule has 0 atom stereocenters. The van der Waals surface area contributed by atoms with Gasteiger partial charge in [-0.05, 0) is 36.2 Å². The Bertz CT molecular complexity index is 858. The number of sulfonamides is 1. The summed E-state index contributed by atoms with van der Waals surface area (Å²) in [5, 5.41) is 8.88. The van der Waals surface area contributed by atoms with E-state index in [2.05, 4.69) is 11.0 Å². The molecule has 26 heavy (non-hydrogen) atoms. The van der Waals surface area contributed by atoms with Crippen molar-refractivity contribution in [2.24, 2.45) is 0 Å². The van der Waals surface area contributed by atoms with Crippen LogP contribution >= 0.6 is 0 Å². The molecule has 1 aliphatic heterocycles. The van der Waals surface area contributed by atoms with Gasteiger partial charge in [-0.1, -0.05) is 42.5 Å². The molecule has 1 fully saturated rings. The Kier molecular flexibility index (Phi) is 6.04. The fraction of sp³-hybridized carbons (Fsp3) is 0.350. The molecule has 0 aliphatic carbocycles. The van der Waals surface area contributed by atoms with Gasteiger partial charge in [0.25, 0.3) is 0 Å². The molecule has 0 bridgehead atoms. The highest BCUT2D eigenvalue weighted by molar-refractivity contribution is 7.88. The molecule has 3 rings (SSSR count). The van der Waals surface area contributed by atoms with Crippen LogP contribution in [0.2, 0.25) is 0 Å². The summed E-state index contributed by atoms with van der Waals surface area (Å²) in [6.45, 7) is 3.45. The van der Waals surface area contributed by atoms with Gasteiger partial charge in [0.15, 0.2) is 0 Å². The van der Waals surface area contributed by atoms with Gasteiger partial charge in [-0.2, -0.15) is 5.26 Å². The topological polar surface area (TPSA) is 64.4 Å². The first-order valence-corrected chi connectivity index (χ1v) is 10.4. The SMILES string of the molecule is N#Cc1ccc(CN2CCCN(S(=O)(=O)Cc3ccccc3)CC2)cc1.